The molecule has 1 rings (SSSR count). The molecule has 66 valence electrons. The summed E-state index contributed by atoms with van der Waals surface area (Å²) in [4.78, 5) is 0.167. The molecule has 0 saturated carbocycles. The van der Waals surface area contributed by atoms with Gasteiger partial charge in [0.05, 0.1) is 12.0 Å². The molecule has 12 heavy (non-hydrogen) atoms. The van der Waals surface area contributed by atoms with Crippen molar-refractivity contribution < 1.29 is 13.5 Å². The molecule has 0 N–H and O–H groups in total. The highest BCUT2D eigenvalue weighted by atomic mass is 79.9. The zero-order valence-corrected chi connectivity index (χ0v) is 8.65. The predicted octanol–water partition coefficient (Wildman–Crippen LogP) is 1.70. The normalized spacial score (nSPS) is 12.6. The van der Waals surface area contributed by atoms with E-state index < -0.39 is 11.1 Å². The van der Waals surface area contributed by atoms with E-state index in [-0.39, 0.29) is 4.90 Å². The van der Waals surface area contributed by atoms with Crippen LogP contribution in [-0.2, 0) is 11.1 Å². The maximum absolute atomic E-state index is 10.6. The monoisotopic (exact) mass is 249 g/mol. The van der Waals surface area contributed by atoms with E-state index in [2.05, 4.69) is 15.9 Å². The van der Waals surface area contributed by atoms with Crippen molar-refractivity contribution in [2.75, 3.05) is 7.11 Å². The highest BCUT2D eigenvalue weighted by Gasteiger charge is 2.02. The topological polar surface area (TPSA) is 49.4 Å². The smallest absolute Gasteiger partial charge is 0.134 e. The number of ether oxygens (including phenoxy) is 1. The van der Waals surface area contributed by atoms with Crippen LogP contribution >= 0.6 is 15.9 Å². The van der Waals surface area contributed by atoms with Gasteiger partial charge in [0.15, 0.2) is 0 Å². The van der Waals surface area contributed by atoms with E-state index in [0.717, 1.165) is 4.47 Å². The van der Waals surface area contributed by atoms with Gasteiger partial charge in [0.1, 0.15) is 5.75 Å². The Kier molecular flexibility index (Phi) is 3.25. The second kappa shape index (κ2) is 4.02. The third kappa shape index (κ3) is 2.06. The molecular weight excluding hydrogens is 244 g/mol. The van der Waals surface area contributed by atoms with Crippen LogP contribution in [0.15, 0.2) is 27.6 Å². The Hall–Kier alpha value is -0.390. The lowest BCUT2D eigenvalue weighted by atomic mass is 10.3. The van der Waals surface area contributed by atoms with Gasteiger partial charge in [-0.25, -0.2) is 0 Å². The Labute approximate surface area is 81.2 Å². The third-order valence-corrected chi connectivity index (χ3v) is 2.49. The molecular formula is C7H6BrO3S-. The maximum Gasteiger partial charge on any atom is 0.134 e. The lowest BCUT2D eigenvalue weighted by Crippen LogP contribution is -1.94. The number of rotatable bonds is 2. The largest absolute Gasteiger partial charge is 0.768 e. The van der Waals surface area contributed by atoms with Crippen molar-refractivity contribution in [3.05, 3.63) is 22.7 Å². The molecule has 1 atom stereocenters. The molecule has 0 spiro atoms. The Morgan fingerprint density at radius 1 is 1.58 bits per heavy atom. The van der Waals surface area contributed by atoms with Crippen LogP contribution in [0.3, 0.4) is 0 Å². The number of hydrogen-bond donors (Lipinski definition) is 0. The van der Waals surface area contributed by atoms with Gasteiger partial charge in [-0.15, -0.1) is 0 Å². The lowest BCUT2D eigenvalue weighted by Gasteiger charge is -2.10. The van der Waals surface area contributed by atoms with Gasteiger partial charge in [-0.1, -0.05) is 15.9 Å². The molecule has 0 aliphatic rings. The van der Waals surface area contributed by atoms with Gasteiger partial charge in [0, 0.05) is 4.47 Å². The average molecular weight is 250 g/mol. The van der Waals surface area contributed by atoms with Crippen LogP contribution in [0.4, 0.5) is 0 Å². The number of hydrogen-bond acceptors (Lipinski definition) is 3. The van der Waals surface area contributed by atoms with Crippen molar-refractivity contribution >= 4 is 27.0 Å². The summed E-state index contributed by atoms with van der Waals surface area (Å²) in [7, 11) is 1.43. The van der Waals surface area contributed by atoms with Gasteiger partial charge in [0.2, 0.25) is 0 Å². The van der Waals surface area contributed by atoms with Crippen LogP contribution in [0.2, 0.25) is 0 Å². The quantitative estimate of drug-likeness (QED) is 0.750. The Bertz CT molecular complexity index is 314. The molecule has 1 aromatic rings. The third-order valence-electron chi connectivity index (χ3n) is 1.31. The highest BCUT2D eigenvalue weighted by molar-refractivity contribution is 9.10. The summed E-state index contributed by atoms with van der Waals surface area (Å²) in [5.74, 6) is 0.345. The summed E-state index contributed by atoms with van der Waals surface area (Å²) in [5.41, 5.74) is 0. The summed E-state index contributed by atoms with van der Waals surface area (Å²) in [6.07, 6.45) is 0. The second-order valence-corrected chi connectivity index (χ2v) is 3.85. The molecule has 1 unspecified atom stereocenters. The van der Waals surface area contributed by atoms with Gasteiger partial charge >= 0.3 is 0 Å². The van der Waals surface area contributed by atoms with E-state index >= 15 is 0 Å². The van der Waals surface area contributed by atoms with E-state index in [1.807, 2.05) is 0 Å². The van der Waals surface area contributed by atoms with Crippen LogP contribution in [0.25, 0.3) is 0 Å². The predicted molar refractivity (Wildman–Crippen MR) is 47.9 cm³/mol. The van der Waals surface area contributed by atoms with Crippen molar-refractivity contribution in [3.8, 4) is 5.75 Å². The fourth-order valence-corrected chi connectivity index (χ4v) is 1.60. The zero-order valence-electron chi connectivity index (χ0n) is 6.24. The van der Waals surface area contributed by atoms with E-state index in [1.54, 1.807) is 12.1 Å². The van der Waals surface area contributed by atoms with Crippen LogP contribution < -0.4 is 4.74 Å². The molecule has 5 heteroatoms. The van der Waals surface area contributed by atoms with Gasteiger partial charge in [0.25, 0.3) is 0 Å². The average Bonchev–Trinajstić information content (AvgIpc) is 2.03. The van der Waals surface area contributed by atoms with E-state index in [0.29, 0.717) is 5.75 Å². The highest BCUT2D eigenvalue weighted by Crippen LogP contribution is 2.25. The summed E-state index contributed by atoms with van der Waals surface area (Å²) >= 11 is 0.961. The number of benzene rings is 1. The minimum absolute atomic E-state index is 0.167. The Morgan fingerprint density at radius 2 is 2.25 bits per heavy atom. The first kappa shape index (κ1) is 9.70. The molecule has 0 aromatic heterocycles. The Morgan fingerprint density at radius 3 is 2.75 bits per heavy atom. The molecule has 0 bridgehead atoms. The molecule has 1 aromatic carbocycles. The fraction of sp³-hybridized carbons (Fsp3) is 0.143. The van der Waals surface area contributed by atoms with Gasteiger partial charge < -0.3 is 9.29 Å². The van der Waals surface area contributed by atoms with Gasteiger partial charge in [-0.2, -0.15) is 0 Å². The molecule has 0 aliphatic carbocycles. The fourth-order valence-electron chi connectivity index (χ4n) is 0.779. The van der Waals surface area contributed by atoms with Crippen LogP contribution in [0.5, 0.6) is 5.75 Å². The summed E-state index contributed by atoms with van der Waals surface area (Å²) in [6.45, 7) is 0. The van der Waals surface area contributed by atoms with Crippen molar-refractivity contribution in [1.82, 2.24) is 0 Å². The van der Waals surface area contributed by atoms with E-state index in [1.165, 1.54) is 13.2 Å². The van der Waals surface area contributed by atoms with Crippen molar-refractivity contribution in [2.24, 2.45) is 0 Å². The molecule has 3 nitrogen and oxygen atoms in total. The van der Waals surface area contributed by atoms with Crippen molar-refractivity contribution in [3.63, 3.8) is 0 Å². The van der Waals surface area contributed by atoms with E-state index in [4.69, 9.17) is 4.74 Å². The number of methoxy groups -OCH3 is 1. The molecule has 0 saturated heterocycles. The van der Waals surface area contributed by atoms with Crippen LogP contribution in [0.1, 0.15) is 0 Å². The van der Waals surface area contributed by atoms with Gasteiger partial charge in [-0.05, 0) is 29.3 Å². The first-order chi connectivity index (χ1) is 5.65. The van der Waals surface area contributed by atoms with Crippen LogP contribution in [0, 0.1) is 0 Å². The van der Waals surface area contributed by atoms with Crippen LogP contribution in [-0.4, -0.2) is 15.9 Å². The summed E-state index contributed by atoms with van der Waals surface area (Å²) in [5, 5.41) is 0. The maximum atomic E-state index is 10.6. The molecule has 0 aliphatic heterocycles. The lowest BCUT2D eigenvalue weighted by molar-refractivity contribution is 0.401. The molecule has 0 amide bonds. The number of halogens is 1. The first-order valence-electron chi connectivity index (χ1n) is 3.08. The summed E-state index contributed by atoms with van der Waals surface area (Å²) < 4.78 is 26.8. The first-order valence-corrected chi connectivity index (χ1v) is 4.94. The Balaban J connectivity index is 3.20. The molecule has 0 fully saturated rings. The summed E-state index contributed by atoms with van der Waals surface area (Å²) in [6, 6.07) is 4.73. The SMILES string of the molecule is COc1cc(Br)ccc1S(=O)[O-]. The second-order valence-electron chi connectivity index (χ2n) is 2.03. The standard InChI is InChI=1S/C7H7BrO3S/c1-11-6-4-5(8)2-3-7(6)12(9)10/h2-4H,1H3,(H,9,10)/p-1. The molecule has 0 radical (unpaired) electrons. The minimum Gasteiger partial charge on any atom is -0.768 e. The zero-order chi connectivity index (χ0) is 9.14. The van der Waals surface area contributed by atoms with E-state index in [9.17, 15) is 8.76 Å². The van der Waals surface area contributed by atoms with Crippen molar-refractivity contribution in [1.29, 1.82) is 0 Å². The molecule has 0 heterocycles. The van der Waals surface area contributed by atoms with Gasteiger partial charge in [-0.3, -0.25) is 4.21 Å². The van der Waals surface area contributed by atoms with Crippen molar-refractivity contribution in [2.45, 2.75) is 4.90 Å². The minimum atomic E-state index is -2.24.